The average Bonchev–Trinajstić information content (AvgIpc) is 3.40. The van der Waals surface area contributed by atoms with Crippen LogP contribution in [0.15, 0.2) is 76.4 Å². The molecule has 0 aliphatic rings. The number of oxazole rings is 1. The molecule has 41 heavy (non-hydrogen) atoms. The summed E-state index contributed by atoms with van der Waals surface area (Å²) >= 11 is 0. The van der Waals surface area contributed by atoms with Crippen LogP contribution in [0.25, 0.3) is 11.1 Å². The van der Waals surface area contributed by atoms with Gasteiger partial charge in [0.15, 0.2) is 11.1 Å². The van der Waals surface area contributed by atoms with Gasteiger partial charge < -0.3 is 14.5 Å². The molecule has 0 aliphatic heterocycles. The van der Waals surface area contributed by atoms with Gasteiger partial charge in [0.05, 0.1) is 6.23 Å². The van der Waals surface area contributed by atoms with Gasteiger partial charge in [-0.25, -0.2) is 4.98 Å². The highest BCUT2D eigenvalue weighted by molar-refractivity contribution is 8.32. The number of nitrogens with zero attached hydrogens (tertiary/aromatic N) is 1. The number of carbonyl (C=O) groups excluding carboxylic acids is 1. The maximum Gasteiger partial charge on any atom is 0.238 e. The highest BCUT2D eigenvalue weighted by Gasteiger charge is 2.23. The van der Waals surface area contributed by atoms with Gasteiger partial charge in [0.25, 0.3) is 0 Å². The fraction of sp³-hybridized carbons (Fsp3) is 0.412. The van der Waals surface area contributed by atoms with Crippen molar-refractivity contribution in [3.63, 3.8) is 0 Å². The van der Waals surface area contributed by atoms with E-state index in [-0.39, 0.29) is 5.91 Å². The van der Waals surface area contributed by atoms with E-state index in [9.17, 15) is 4.79 Å². The summed E-state index contributed by atoms with van der Waals surface area (Å²) in [6, 6.07) is 22.7. The molecular formula is C34H44N2O3SSi. The molecule has 0 aliphatic carbocycles. The van der Waals surface area contributed by atoms with Crippen LogP contribution in [0.2, 0.25) is 0 Å². The molecule has 1 aromatic heterocycles. The SMILES string of the molecule is CC(C)c1cccc(C(C)C)c1NC(=O)CCCCCS(C)(C)c1nc2c(OC[Si]c3ccccc3)cccc2o1. The minimum absolute atomic E-state index is 0.103. The van der Waals surface area contributed by atoms with E-state index in [4.69, 9.17) is 14.1 Å². The van der Waals surface area contributed by atoms with Crippen LogP contribution in [-0.2, 0) is 4.79 Å². The van der Waals surface area contributed by atoms with Gasteiger partial charge in [-0.15, -0.1) is 0 Å². The zero-order chi connectivity index (χ0) is 29.4. The maximum atomic E-state index is 12.9. The lowest BCUT2D eigenvalue weighted by molar-refractivity contribution is -0.116. The number of ether oxygens (including phenoxy) is 1. The van der Waals surface area contributed by atoms with Crippen molar-refractivity contribution in [2.75, 3.05) is 29.8 Å². The van der Waals surface area contributed by atoms with Crippen LogP contribution in [0.3, 0.4) is 0 Å². The lowest BCUT2D eigenvalue weighted by atomic mass is 9.92. The van der Waals surface area contributed by atoms with E-state index in [0.29, 0.717) is 34.0 Å². The summed E-state index contributed by atoms with van der Waals surface area (Å²) in [7, 11) is -0.636. The molecule has 0 saturated heterocycles. The number of carbonyl (C=O) groups is 1. The Balaban J connectivity index is 1.28. The number of hydrogen-bond donors (Lipinski definition) is 1. The molecule has 0 atom stereocenters. The Labute approximate surface area is 249 Å². The number of amides is 1. The van der Waals surface area contributed by atoms with Crippen molar-refractivity contribution in [3.05, 3.63) is 77.9 Å². The quantitative estimate of drug-likeness (QED) is 0.120. The molecule has 0 unspecified atom stereocenters. The lowest BCUT2D eigenvalue weighted by Crippen LogP contribution is -2.20. The topological polar surface area (TPSA) is 64.4 Å². The first-order chi connectivity index (χ1) is 19.7. The fourth-order valence-electron chi connectivity index (χ4n) is 4.92. The molecule has 0 saturated carbocycles. The Kier molecular flexibility index (Phi) is 10.7. The third kappa shape index (κ3) is 8.26. The van der Waals surface area contributed by atoms with Gasteiger partial charge in [-0.1, -0.05) is 93.9 Å². The first-order valence-electron chi connectivity index (χ1n) is 14.6. The van der Waals surface area contributed by atoms with Gasteiger partial charge in [-0.2, -0.15) is 10.0 Å². The highest BCUT2D eigenvalue weighted by Crippen LogP contribution is 2.50. The number of hydrogen-bond acceptors (Lipinski definition) is 4. The predicted molar refractivity (Wildman–Crippen MR) is 176 cm³/mol. The molecule has 0 bridgehead atoms. The molecule has 5 nitrogen and oxygen atoms in total. The van der Waals surface area contributed by atoms with E-state index >= 15 is 0 Å². The maximum absolute atomic E-state index is 12.9. The Hall–Kier alpha value is -3.03. The van der Waals surface area contributed by atoms with Crippen LogP contribution in [0.4, 0.5) is 5.69 Å². The zero-order valence-corrected chi connectivity index (χ0v) is 27.1. The Bertz CT molecular complexity index is 1410. The van der Waals surface area contributed by atoms with Crippen LogP contribution < -0.4 is 15.2 Å². The minimum Gasteiger partial charge on any atom is -0.495 e. The van der Waals surface area contributed by atoms with Gasteiger partial charge in [-0.05, 0) is 66.2 Å². The van der Waals surface area contributed by atoms with Crippen molar-refractivity contribution < 1.29 is 13.9 Å². The lowest BCUT2D eigenvalue weighted by Gasteiger charge is -2.26. The number of benzene rings is 3. The molecule has 2 radical (unpaired) electrons. The normalized spacial score (nSPS) is 12.3. The van der Waals surface area contributed by atoms with E-state index in [1.165, 1.54) is 16.3 Å². The van der Waals surface area contributed by atoms with Crippen molar-refractivity contribution in [3.8, 4) is 5.75 Å². The van der Waals surface area contributed by atoms with Crippen LogP contribution in [-0.4, -0.2) is 44.9 Å². The summed E-state index contributed by atoms with van der Waals surface area (Å²) in [5, 5.41) is 5.35. The molecule has 7 heteroatoms. The van der Waals surface area contributed by atoms with Crippen molar-refractivity contribution >= 4 is 47.4 Å². The minimum atomic E-state index is -1.21. The van der Waals surface area contributed by atoms with Crippen molar-refractivity contribution in [2.24, 2.45) is 0 Å². The molecule has 4 aromatic rings. The van der Waals surface area contributed by atoms with Crippen LogP contribution in [0, 0.1) is 0 Å². The first kappa shape index (κ1) is 30.9. The van der Waals surface area contributed by atoms with E-state index in [1.807, 2.05) is 24.3 Å². The van der Waals surface area contributed by atoms with Gasteiger partial charge in [0, 0.05) is 12.1 Å². The van der Waals surface area contributed by atoms with Gasteiger partial charge in [0.2, 0.25) is 11.1 Å². The zero-order valence-electron chi connectivity index (χ0n) is 25.3. The summed E-state index contributed by atoms with van der Waals surface area (Å²) in [5.41, 5.74) is 5.00. The molecule has 1 heterocycles. The monoisotopic (exact) mass is 588 g/mol. The van der Waals surface area contributed by atoms with Crippen LogP contribution in [0.1, 0.15) is 76.3 Å². The van der Waals surface area contributed by atoms with Gasteiger partial charge in [-0.3, -0.25) is 4.79 Å². The van der Waals surface area contributed by atoms with E-state index < -0.39 is 10.0 Å². The summed E-state index contributed by atoms with van der Waals surface area (Å²) < 4.78 is 12.4. The van der Waals surface area contributed by atoms with Gasteiger partial charge in [0.1, 0.15) is 15.3 Å². The van der Waals surface area contributed by atoms with Crippen molar-refractivity contribution in [1.82, 2.24) is 4.98 Å². The molecule has 0 fully saturated rings. The number of unbranched alkanes of at least 4 members (excludes halogenated alkanes) is 2. The smallest absolute Gasteiger partial charge is 0.238 e. The largest absolute Gasteiger partial charge is 0.495 e. The number of para-hydroxylation sites is 2. The number of rotatable bonds is 14. The molecule has 0 spiro atoms. The number of nitrogens with one attached hydrogen (secondary N) is 1. The molecule has 218 valence electrons. The van der Waals surface area contributed by atoms with E-state index in [0.717, 1.165) is 52.8 Å². The van der Waals surface area contributed by atoms with Gasteiger partial charge >= 0.3 is 0 Å². The van der Waals surface area contributed by atoms with E-state index in [2.05, 4.69) is 88.0 Å². The van der Waals surface area contributed by atoms with Crippen molar-refractivity contribution in [2.45, 2.75) is 70.4 Å². The van der Waals surface area contributed by atoms with E-state index in [1.54, 1.807) is 0 Å². The van der Waals surface area contributed by atoms with Crippen molar-refractivity contribution in [1.29, 1.82) is 0 Å². The molecular weight excluding hydrogens is 545 g/mol. The second-order valence-electron chi connectivity index (χ2n) is 11.6. The third-order valence-electron chi connectivity index (χ3n) is 7.31. The molecule has 3 aromatic carbocycles. The Morgan fingerprint density at radius 2 is 1.59 bits per heavy atom. The standard InChI is InChI=1S/C34H44N2O3SSi/c1-24(2)27-17-13-18-28(25(3)4)32(27)35-31(37)21-11-8-12-22-40(5,6)34-36-33-29(19-14-20-30(33)39-34)38-23-41-26-15-9-7-10-16-26/h7,9-10,13-20,24-25H,8,11-12,21-23H2,1-6H3,(H,35,37). The first-order valence-corrected chi connectivity index (χ1v) is 18.4. The Morgan fingerprint density at radius 3 is 2.27 bits per heavy atom. The molecule has 4 rings (SSSR count). The number of anilines is 1. The Morgan fingerprint density at radius 1 is 0.902 bits per heavy atom. The van der Waals surface area contributed by atoms with Crippen LogP contribution in [0.5, 0.6) is 5.75 Å². The summed E-state index contributed by atoms with van der Waals surface area (Å²) in [5.74, 6) is 2.62. The average molecular weight is 589 g/mol. The summed E-state index contributed by atoms with van der Waals surface area (Å²) in [6.07, 6.45) is 8.59. The highest BCUT2D eigenvalue weighted by atomic mass is 32.3. The number of aromatic nitrogens is 1. The second-order valence-corrected chi connectivity index (χ2v) is 16.7. The third-order valence-corrected chi connectivity index (χ3v) is 10.8. The molecule has 1 amide bonds. The fourth-order valence-corrected chi connectivity index (χ4v) is 7.50. The second kappa shape index (κ2) is 14.2. The molecule has 1 N–H and O–H groups in total. The summed E-state index contributed by atoms with van der Waals surface area (Å²) in [6.45, 7) is 8.71. The predicted octanol–water partition coefficient (Wildman–Crippen LogP) is 8.06. The number of fused-ring (bicyclic) bond motifs is 1. The van der Waals surface area contributed by atoms with Crippen LogP contribution >= 0.6 is 10.0 Å². The summed E-state index contributed by atoms with van der Waals surface area (Å²) in [4.78, 5) is 17.8.